The Bertz CT molecular complexity index is 1420. The van der Waals surface area contributed by atoms with E-state index in [9.17, 15) is 40.5 Å². The summed E-state index contributed by atoms with van der Waals surface area (Å²) in [4.78, 5) is 13.2. The molecule has 3 heterocycles. The van der Waals surface area contributed by atoms with Crippen LogP contribution in [0.2, 0.25) is 0 Å². The third-order valence-corrected chi connectivity index (χ3v) is 7.16. The first kappa shape index (κ1) is 29.2. The fourth-order valence-corrected chi connectivity index (χ4v) is 4.66. The molecule has 14 heteroatoms. The topological polar surface area (TPSA) is 218 Å². The van der Waals surface area contributed by atoms with Gasteiger partial charge in [-0.05, 0) is 17.7 Å². The highest BCUT2D eigenvalue weighted by molar-refractivity contribution is 5.88. The number of methoxy groups -OCH3 is 1. The molecule has 41 heavy (non-hydrogen) atoms. The maximum absolute atomic E-state index is 13.2. The molecular formula is C27H30O14. The molecule has 2 saturated heterocycles. The minimum atomic E-state index is -1.93. The van der Waals surface area contributed by atoms with Crippen molar-refractivity contribution in [2.75, 3.05) is 26.9 Å². The first-order valence-electron chi connectivity index (χ1n) is 12.6. The maximum Gasteiger partial charge on any atom is 0.229 e. The second kappa shape index (κ2) is 11.5. The van der Waals surface area contributed by atoms with Crippen molar-refractivity contribution in [2.45, 2.75) is 48.7 Å². The number of rotatable bonds is 8. The Morgan fingerprint density at radius 3 is 2.39 bits per heavy atom. The molecule has 0 radical (unpaired) electrons. The molecule has 0 bridgehead atoms. The standard InChI is InChI=1S/C27H30O14/c1-36-13-4-2-12(3-5-13)15-8-37-17-7-14(6-16(29)19(17)20(15)30)40-25-23(33)22(32)21(31)18(41-25)9-38-26-24(34)27(35,10-28)11-39-26/h2-8,18,21-26,28-29,31-35H,9-11H2,1H3. The van der Waals surface area contributed by atoms with Gasteiger partial charge in [0, 0.05) is 12.1 Å². The Balaban J connectivity index is 1.33. The lowest BCUT2D eigenvalue weighted by Gasteiger charge is -2.40. The lowest BCUT2D eigenvalue weighted by atomic mass is 9.99. The summed E-state index contributed by atoms with van der Waals surface area (Å²) in [6, 6.07) is 9.07. The van der Waals surface area contributed by atoms with Gasteiger partial charge in [0.05, 0.1) is 32.5 Å². The Morgan fingerprint density at radius 1 is 1.00 bits per heavy atom. The number of benzene rings is 2. The van der Waals surface area contributed by atoms with Gasteiger partial charge in [0.25, 0.3) is 0 Å². The van der Waals surface area contributed by atoms with E-state index in [2.05, 4.69) is 0 Å². The normalized spacial score (nSPS) is 31.8. The number of hydrogen-bond acceptors (Lipinski definition) is 14. The van der Waals surface area contributed by atoms with Crippen LogP contribution in [0.25, 0.3) is 22.1 Å². The lowest BCUT2D eigenvalue weighted by molar-refractivity contribution is -0.289. The van der Waals surface area contributed by atoms with Crippen molar-refractivity contribution in [2.24, 2.45) is 0 Å². The van der Waals surface area contributed by atoms with Gasteiger partial charge in [0.2, 0.25) is 11.7 Å². The first-order valence-corrected chi connectivity index (χ1v) is 12.6. The highest BCUT2D eigenvalue weighted by Crippen LogP contribution is 2.33. The van der Waals surface area contributed by atoms with E-state index in [1.54, 1.807) is 24.3 Å². The average molecular weight is 579 g/mol. The third-order valence-electron chi connectivity index (χ3n) is 7.16. The summed E-state index contributed by atoms with van der Waals surface area (Å²) in [7, 11) is 1.52. The molecule has 2 aliphatic rings. The molecule has 0 saturated carbocycles. The monoisotopic (exact) mass is 578 g/mol. The molecule has 0 amide bonds. The van der Waals surface area contributed by atoms with E-state index in [4.69, 9.17) is 28.1 Å². The molecule has 3 aromatic rings. The molecule has 2 fully saturated rings. The molecule has 222 valence electrons. The first-order chi connectivity index (χ1) is 19.6. The predicted octanol–water partition coefficient (Wildman–Crippen LogP) is -1.18. The van der Waals surface area contributed by atoms with Crippen LogP contribution in [0.15, 0.2) is 51.9 Å². The number of ether oxygens (including phenoxy) is 5. The predicted molar refractivity (Wildman–Crippen MR) is 137 cm³/mol. The molecule has 0 aliphatic carbocycles. The second-order valence-corrected chi connectivity index (χ2v) is 9.87. The summed E-state index contributed by atoms with van der Waals surface area (Å²) in [6.07, 6.45) is -9.73. The molecule has 2 aromatic carbocycles. The summed E-state index contributed by atoms with van der Waals surface area (Å²) in [5, 5.41) is 71.3. The fraction of sp³-hybridized carbons (Fsp3) is 0.444. The molecule has 5 rings (SSSR count). The van der Waals surface area contributed by atoms with Gasteiger partial charge in [-0.1, -0.05) is 12.1 Å². The van der Waals surface area contributed by atoms with E-state index in [1.807, 2.05) is 0 Å². The number of phenolic OH excluding ortho intramolecular Hbond substituents is 1. The van der Waals surface area contributed by atoms with Crippen LogP contribution in [0.1, 0.15) is 0 Å². The molecule has 1 aromatic heterocycles. The zero-order valence-electron chi connectivity index (χ0n) is 21.7. The fourth-order valence-electron chi connectivity index (χ4n) is 4.66. The Labute approximate surface area is 232 Å². The van der Waals surface area contributed by atoms with Crippen molar-refractivity contribution in [3.05, 3.63) is 52.9 Å². The van der Waals surface area contributed by atoms with Gasteiger partial charge >= 0.3 is 0 Å². The molecule has 14 nitrogen and oxygen atoms in total. The van der Waals surface area contributed by atoms with E-state index >= 15 is 0 Å². The third kappa shape index (κ3) is 5.49. The minimum Gasteiger partial charge on any atom is -0.507 e. The van der Waals surface area contributed by atoms with Gasteiger partial charge in [0.15, 0.2) is 6.29 Å². The quantitative estimate of drug-likeness (QED) is 0.167. The number of phenols is 1. The van der Waals surface area contributed by atoms with Crippen molar-refractivity contribution in [1.29, 1.82) is 0 Å². The summed E-state index contributed by atoms with van der Waals surface area (Å²) >= 11 is 0. The van der Waals surface area contributed by atoms with Crippen LogP contribution in [0.3, 0.4) is 0 Å². The summed E-state index contributed by atoms with van der Waals surface area (Å²) in [6.45, 7) is -1.65. The number of aromatic hydroxyl groups is 1. The Hall–Kier alpha value is -3.31. The number of fused-ring (bicyclic) bond motifs is 1. The van der Waals surface area contributed by atoms with Gasteiger partial charge in [-0.15, -0.1) is 0 Å². The molecule has 2 aliphatic heterocycles. The van der Waals surface area contributed by atoms with Crippen LogP contribution in [-0.4, -0.2) is 111 Å². The van der Waals surface area contributed by atoms with Gasteiger partial charge in [0.1, 0.15) is 70.6 Å². The highest BCUT2D eigenvalue weighted by Gasteiger charge is 2.50. The molecule has 7 N–H and O–H groups in total. The van der Waals surface area contributed by atoms with Crippen molar-refractivity contribution in [3.63, 3.8) is 0 Å². The van der Waals surface area contributed by atoms with Crippen LogP contribution < -0.4 is 14.9 Å². The second-order valence-electron chi connectivity index (χ2n) is 9.87. The zero-order valence-corrected chi connectivity index (χ0v) is 21.7. The molecule has 0 spiro atoms. The number of hydrogen-bond donors (Lipinski definition) is 7. The van der Waals surface area contributed by atoms with E-state index in [0.717, 1.165) is 6.07 Å². The van der Waals surface area contributed by atoms with Gasteiger partial charge in [-0.3, -0.25) is 4.79 Å². The van der Waals surface area contributed by atoms with E-state index in [0.29, 0.717) is 11.3 Å². The van der Waals surface area contributed by atoms with Gasteiger partial charge in [-0.2, -0.15) is 0 Å². The summed E-state index contributed by atoms with van der Waals surface area (Å²) in [5.74, 6) is 0.0294. The summed E-state index contributed by atoms with van der Waals surface area (Å²) in [5.41, 5.74) is -1.73. The van der Waals surface area contributed by atoms with Crippen molar-refractivity contribution in [3.8, 4) is 28.4 Å². The smallest absolute Gasteiger partial charge is 0.229 e. The van der Waals surface area contributed by atoms with Crippen LogP contribution in [0.4, 0.5) is 0 Å². The average Bonchev–Trinajstić information content (AvgIpc) is 3.26. The zero-order chi connectivity index (χ0) is 29.5. The van der Waals surface area contributed by atoms with Crippen molar-refractivity contribution >= 4 is 11.0 Å². The SMILES string of the molecule is COc1ccc(-c2coc3cc(OC4OC(COC5OCC(O)(CO)C5O)C(O)C(O)C4O)cc(O)c3c2=O)cc1. The van der Waals surface area contributed by atoms with E-state index in [1.165, 1.54) is 19.4 Å². The molecule has 8 unspecified atom stereocenters. The number of aliphatic hydroxyl groups excluding tert-OH is 5. The minimum absolute atomic E-state index is 0.0308. The largest absolute Gasteiger partial charge is 0.507 e. The summed E-state index contributed by atoms with van der Waals surface area (Å²) < 4.78 is 32.5. The van der Waals surface area contributed by atoms with Crippen molar-refractivity contribution in [1.82, 2.24) is 0 Å². The Morgan fingerprint density at radius 2 is 1.73 bits per heavy atom. The van der Waals surface area contributed by atoms with Crippen LogP contribution in [0, 0.1) is 0 Å². The van der Waals surface area contributed by atoms with E-state index in [-0.39, 0.29) is 22.3 Å². The highest BCUT2D eigenvalue weighted by atomic mass is 16.7. The number of aliphatic hydroxyl groups is 6. The maximum atomic E-state index is 13.2. The lowest BCUT2D eigenvalue weighted by Crippen LogP contribution is -2.60. The van der Waals surface area contributed by atoms with E-state index < -0.39 is 79.7 Å². The van der Waals surface area contributed by atoms with Gasteiger partial charge in [-0.25, -0.2) is 0 Å². The van der Waals surface area contributed by atoms with Crippen LogP contribution in [0.5, 0.6) is 17.2 Å². The van der Waals surface area contributed by atoms with Gasteiger partial charge < -0.3 is 63.8 Å². The molecule has 8 atom stereocenters. The van der Waals surface area contributed by atoms with Crippen LogP contribution in [-0.2, 0) is 14.2 Å². The molecular weight excluding hydrogens is 548 g/mol. The van der Waals surface area contributed by atoms with Crippen LogP contribution >= 0.6 is 0 Å². The van der Waals surface area contributed by atoms with Crippen molar-refractivity contribution < 1.29 is 63.8 Å². The Kier molecular flexibility index (Phi) is 8.20.